The Morgan fingerprint density at radius 1 is 1.00 bits per heavy atom. The van der Waals surface area contributed by atoms with E-state index in [1.807, 2.05) is 24.4 Å². The van der Waals surface area contributed by atoms with Gasteiger partial charge in [-0.3, -0.25) is 0 Å². The van der Waals surface area contributed by atoms with Gasteiger partial charge in [0.25, 0.3) is 0 Å². The van der Waals surface area contributed by atoms with Crippen LogP contribution in [0.1, 0.15) is 0 Å². The van der Waals surface area contributed by atoms with Crippen LogP contribution in [0.4, 0.5) is 0 Å². The van der Waals surface area contributed by atoms with E-state index in [9.17, 15) is 0 Å². The molecule has 0 aliphatic heterocycles. The molecule has 3 rings (SSSR count). The Hall–Kier alpha value is -1.87. The van der Waals surface area contributed by atoms with Crippen LogP contribution in [0.3, 0.4) is 0 Å². The van der Waals surface area contributed by atoms with Gasteiger partial charge < -0.3 is 9.72 Å². The van der Waals surface area contributed by atoms with Gasteiger partial charge in [-0.05, 0) is 42.5 Å². The van der Waals surface area contributed by atoms with Crippen molar-refractivity contribution in [2.45, 2.75) is 9.79 Å². The minimum Gasteiger partial charge on any atom is -0.497 e. The Morgan fingerprint density at radius 3 is 2.78 bits per heavy atom. The lowest BCUT2D eigenvalue weighted by Gasteiger charge is -2.04. The summed E-state index contributed by atoms with van der Waals surface area (Å²) in [5.41, 5.74) is 1.17. The van der Waals surface area contributed by atoms with E-state index >= 15 is 0 Å². The maximum atomic E-state index is 5.23. The second kappa shape index (κ2) is 4.78. The van der Waals surface area contributed by atoms with Crippen molar-refractivity contribution in [3.8, 4) is 5.75 Å². The number of aromatic amines is 1. The molecule has 1 heterocycles. The molecule has 18 heavy (non-hydrogen) atoms. The third-order valence-corrected chi connectivity index (χ3v) is 3.78. The van der Waals surface area contributed by atoms with E-state index in [1.165, 1.54) is 20.7 Å². The molecule has 0 saturated carbocycles. The van der Waals surface area contributed by atoms with Crippen LogP contribution in [0.2, 0.25) is 0 Å². The lowest BCUT2D eigenvalue weighted by Crippen LogP contribution is -1.82. The fourth-order valence-electron chi connectivity index (χ4n) is 1.90. The molecular formula is C15H13NOS. The van der Waals surface area contributed by atoms with E-state index < -0.39 is 0 Å². The predicted octanol–water partition coefficient (Wildman–Crippen LogP) is 4.33. The quantitative estimate of drug-likeness (QED) is 0.753. The van der Waals surface area contributed by atoms with Crippen molar-refractivity contribution in [1.29, 1.82) is 0 Å². The van der Waals surface area contributed by atoms with E-state index in [0.717, 1.165) is 5.75 Å². The summed E-state index contributed by atoms with van der Waals surface area (Å²) < 4.78 is 5.23. The van der Waals surface area contributed by atoms with Crippen molar-refractivity contribution in [1.82, 2.24) is 4.98 Å². The minimum atomic E-state index is 0.891. The van der Waals surface area contributed by atoms with Gasteiger partial charge in [0, 0.05) is 26.9 Å². The minimum absolute atomic E-state index is 0.891. The molecule has 1 N–H and O–H groups in total. The van der Waals surface area contributed by atoms with Crippen molar-refractivity contribution < 1.29 is 4.74 Å². The van der Waals surface area contributed by atoms with Gasteiger partial charge in [-0.1, -0.05) is 17.8 Å². The number of hydrogen-bond acceptors (Lipinski definition) is 2. The molecule has 0 radical (unpaired) electrons. The number of nitrogens with one attached hydrogen (secondary N) is 1. The van der Waals surface area contributed by atoms with Gasteiger partial charge in [0.05, 0.1) is 7.11 Å². The number of rotatable bonds is 3. The van der Waals surface area contributed by atoms with Gasteiger partial charge in [-0.2, -0.15) is 0 Å². The molecule has 2 aromatic carbocycles. The summed E-state index contributed by atoms with van der Waals surface area (Å²) in [4.78, 5) is 5.62. The smallest absolute Gasteiger partial charge is 0.119 e. The fraction of sp³-hybridized carbons (Fsp3) is 0.0667. The molecule has 0 unspecified atom stereocenters. The van der Waals surface area contributed by atoms with E-state index in [-0.39, 0.29) is 0 Å². The Labute approximate surface area is 110 Å². The van der Waals surface area contributed by atoms with E-state index in [0.29, 0.717) is 0 Å². The second-order valence-corrected chi connectivity index (χ2v) is 5.15. The van der Waals surface area contributed by atoms with Crippen LogP contribution < -0.4 is 4.74 Å². The average Bonchev–Trinajstić information content (AvgIpc) is 2.86. The van der Waals surface area contributed by atoms with Crippen molar-refractivity contribution in [2.75, 3.05) is 7.11 Å². The zero-order chi connectivity index (χ0) is 12.4. The van der Waals surface area contributed by atoms with Gasteiger partial charge in [0.15, 0.2) is 0 Å². The molecule has 90 valence electrons. The highest BCUT2D eigenvalue weighted by Crippen LogP contribution is 2.31. The van der Waals surface area contributed by atoms with Crippen LogP contribution >= 0.6 is 11.8 Å². The van der Waals surface area contributed by atoms with E-state index in [1.54, 1.807) is 18.9 Å². The first-order valence-electron chi connectivity index (χ1n) is 5.74. The van der Waals surface area contributed by atoms with Crippen molar-refractivity contribution >= 4 is 22.7 Å². The predicted molar refractivity (Wildman–Crippen MR) is 75.4 cm³/mol. The largest absolute Gasteiger partial charge is 0.497 e. The van der Waals surface area contributed by atoms with Gasteiger partial charge in [0.2, 0.25) is 0 Å². The summed E-state index contributed by atoms with van der Waals surface area (Å²) in [7, 11) is 1.69. The highest BCUT2D eigenvalue weighted by Gasteiger charge is 2.01. The van der Waals surface area contributed by atoms with Crippen molar-refractivity contribution in [3.63, 3.8) is 0 Å². The van der Waals surface area contributed by atoms with Crippen LogP contribution in [0.15, 0.2) is 64.5 Å². The van der Waals surface area contributed by atoms with Gasteiger partial charge >= 0.3 is 0 Å². The van der Waals surface area contributed by atoms with Crippen LogP contribution in [0, 0.1) is 0 Å². The standard InChI is InChI=1S/C15H13NOS/c1-17-12-3-2-4-13(10-12)18-14-5-6-15-11(9-14)7-8-16-15/h2-10,16H,1H3. The molecule has 2 nitrogen and oxygen atoms in total. The summed E-state index contributed by atoms with van der Waals surface area (Å²) in [6, 6.07) is 16.6. The van der Waals surface area contributed by atoms with E-state index in [4.69, 9.17) is 4.74 Å². The second-order valence-electron chi connectivity index (χ2n) is 4.01. The molecule has 0 bridgehead atoms. The molecule has 0 aliphatic carbocycles. The zero-order valence-corrected chi connectivity index (χ0v) is 10.8. The van der Waals surface area contributed by atoms with E-state index in [2.05, 4.69) is 35.3 Å². The van der Waals surface area contributed by atoms with Crippen LogP contribution in [-0.4, -0.2) is 12.1 Å². The third-order valence-electron chi connectivity index (χ3n) is 2.80. The Balaban J connectivity index is 1.90. The molecule has 0 spiro atoms. The molecule has 3 aromatic rings. The number of hydrogen-bond donors (Lipinski definition) is 1. The van der Waals surface area contributed by atoms with Crippen LogP contribution in [0.5, 0.6) is 5.75 Å². The maximum Gasteiger partial charge on any atom is 0.119 e. The molecule has 0 aliphatic rings. The molecule has 0 fully saturated rings. The Kier molecular flexibility index (Phi) is 2.99. The lowest BCUT2D eigenvalue weighted by molar-refractivity contribution is 0.413. The highest BCUT2D eigenvalue weighted by atomic mass is 32.2. The fourth-order valence-corrected chi connectivity index (χ4v) is 2.81. The van der Waals surface area contributed by atoms with Gasteiger partial charge in [0.1, 0.15) is 5.75 Å². The average molecular weight is 255 g/mol. The highest BCUT2D eigenvalue weighted by molar-refractivity contribution is 7.99. The molecular weight excluding hydrogens is 242 g/mol. The van der Waals surface area contributed by atoms with Gasteiger partial charge in [-0.15, -0.1) is 0 Å². The summed E-state index contributed by atoms with van der Waals surface area (Å²) in [6.07, 6.45) is 1.96. The number of benzene rings is 2. The van der Waals surface area contributed by atoms with Crippen LogP contribution in [0.25, 0.3) is 10.9 Å². The normalized spacial score (nSPS) is 10.7. The number of ether oxygens (including phenoxy) is 1. The van der Waals surface area contributed by atoms with Crippen molar-refractivity contribution in [3.05, 3.63) is 54.7 Å². The zero-order valence-electron chi connectivity index (χ0n) is 10.0. The summed E-state index contributed by atoms with van der Waals surface area (Å²) in [5.74, 6) is 0.891. The molecule has 1 aromatic heterocycles. The van der Waals surface area contributed by atoms with Crippen molar-refractivity contribution in [2.24, 2.45) is 0 Å². The number of fused-ring (bicyclic) bond motifs is 1. The SMILES string of the molecule is COc1cccc(Sc2ccc3[nH]ccc3c2)c1. The maximum absolute atomic E-state index is 5.23. The molecule has 0 amide bonds. The molecule has 0 saturated heterocycles. The lowest BCUT2D eigenvalue weighted by atomic mass is 10.2. The van der Waals surface area contributed by atoms with Crippen LogP contribution in [-0.2, 0) is 0 Å². The first-order chi connectivity index (χ1) is 8.85. The number of H-pyrrole nitrogens is 1. The summed E-state index contributed by atoms with van der Waals surface area (Å²) in [5, 5.41) is 1.24. The Morgan fingerprint density at radius 2 is 1.89 bits per heavy atom. The monoisotopic (exact) mass is 255 g/mol. The number of methoxy groups -OCH3 is 1. The Bertz CT molecular complexity index is 675. The first kappa shape index (κ1) is 11.2. The number of aromatic nitrogens is 1. The topological polar surface area (TPSA) is 25.0 Å². The van der Waals surface area contributed by atoms with Gasteiger partial charge in [-0.25, -0.2) is 0 Å². The third kappa shape index (κ3) is 2.22. The molecule has 0 atom stereocenters. The summed E-state index contributed by atoms with van der Waals surface area (Å²) in [6.45, 7) is 0. The molecule has 3 heteroatoms. The summed E-state index contributed by atoms with van der Waals surface area (Å²) >= 11 is 1.74. The first-order valence-corrected chi connectivity index (χ1v) is 6.56.